The topological polar surface area (TPSA) is 91.7 Å². The van der Waals surface area contributed by atoms with E-state index in [1.54, 1.807) is 0 Å². The van der Waals surface area contributed by atoms with Crippen molar-refractivity contribution in [2.24, 2.45) is 0 Å². The van der Waals surface area contributed by atoms with E-state index < -0.39 is 11.1 Å². The van der Waals surface area contributed by atoms with Crippen LogP contribution in [0, 0.1) is 0 Å². The van der Waals surface area contributed by atoms with Crippen LogP contribution in [0.5, 0.6) is 0 Å². The fourth-order valence-electron chi connectivity index (χ4n) is 6.19. The minimum absolute atomic E-state index is 0.0885. The minimum atomic E-state index is -0.409. The van der Waals surface area contributed by atoms with Gasteiger partial charge in [-0.25, -0.2) is 0 Å². The van der Waals surface area contributed by atoms with Crippen molar-refractivity contribution in [3.63, 3.8) is 0 Å². The van der Waals surface area contributed by atoms with Crippen LogP contribution in [0.2, 0.25) is 0 Å². The molecule has 2 fully saturated rings. The molecular formula is C28H54N2O6. The highest BCUT2D eigenvalue weighted by Gasteiger charge is 2.47. The molecule has 2 aliphatic heterocycles. The van der Waals surface area contributed by atoms with Crippen molar-refractivity contribution in [2.75, 3.05) is 13.4 Å². The standard InChI is InChI=1S/C28H54N2O6/c1-25(2)17-22(18-26(3,4)29(25)32)35-21-34-16-14-12-10-9-11-13-15-24(31)36-23-19-27(5,6)30(33)28(7,8)20-23/h22-23,32-33H,9-21H2,1-8H3. The third-order valence-electron chi connectivity index (χ3n) is 7.81. The van der Waals surface area contributed by atoms with Gasteiger partial charge < -0.3 is 24.6 Å². The van der Waals surface area contributed by atoms with Crippen LogP contribution in [0.1, 0.15) is 126 Å². The van der Waals surface area contributed by atoms with E-state index in [1.807, 2.05) is 55.4 Å². The molecule has 0 aromatic heterocycles. The Labute approximate surface area is 219 Å². The van der Waals surface area contributed by atoms with Crippen molar-refractivity contribution in [1.82, 2.24) is 10.1 Å². The van der Waals surface area contributed by atoms with E-state index in [-0.39, 0.29) is 29.3 Å². The molecule has 0 spiro atoms. The van der Waals surface area contributed by atoms with Crippen molar-refractivity contribution in [3.8, 4) is 0 Å². The van der Waals surface area contributed by atoms with Crippen molar-refractivity contribution in [2.45, 2.75) is 160 Å². The Balaban J connectivity index is 1.47. The second-order valence-corrected chi connectivity index (χ2v) is 13.5. The van der Waals surface area contributed by atoms with Crippen molar-refractivity contribution < 1.29 is 29.4 Å². The van der Waals surface area contributed by atoms with Crippen LogP contribution in [0.25, 0.3) is 0 Å². The maximum absolute atomic E-state index is 12.3. The zero-order chi connectivity index (χ0) is 27.2. The van der Waals surface area contributed by atoms with Crippen LogP contribution in [0.15, 0.2) is 0 Å². The van der Waals surface area contributed by atoms with Crippen LogP contribution in [-0.2, 0) is 19.0 Å². The number of unbranched alkanes of at least 4 members (excludes halogenated alkanes) is 5. The van der Waals surface area contributed by atoms with Gasteiger partial charge in [0.15, 0.2) is 0 Å². The molecule has 0 aromatic carbocycles. The van der Waals surface area contributed by atoms with Crippen LogP contribution >= 0.6 is 0 Å². The van der Waals surface area contributed by atoms with E-state index in [0.29, 0.717) is 32.7 Å². The SMILES string of the molecule is CC1(C)CC(OCOCCCCCCCCC(=O)OC2CC(C)(C)N(O)C(C)(C)C2)CC(C)(C)N1O. The van der Waals surface area contributed by atoms with Gasteiger partial charge in [0.05, 0.1) is 6.10 Å². The first kappa shape index (κ1) is 31.4. The second-order valence-electron chi connectivity index (χ2n) is 13.5. The Bertz CT molecular complexity index is 658. The quantitative estimate of drug-likeness (QED) is 0.174. The molecule has 0 amide bonds. The van der Waals surface area contributed by atoms with E-state index in [4.69, 9.17) is 14.2 Å². The molecule has 212 valence electrons. The third kappa shape index (κ3) is 9.21. The third-order valence-corrected chi connectivity index (χ3v) is 7.81. The maximum atomic E-state index is 12.3. The highest BCUT2D eigenvalue weighted by atomic mass is 16.7. The van der Waals surface area contributed by atoms with Gasteiger partial charge in [0.2, 0.25) is 0 Å². The fourth-order valence-corrected chi connectivity index (χ4v) is 6.19. The number of hydrogen-bond acceptors (Lipinski definition) is 8. The van der Waals surface area contributed by atoms with Crippen LogP contribution in [-0.4, -0.2) is 74.3 Å². The lowest BCUT2D eigenvalue weighted by Gasteiger charge is -2.51. The van der Waals surface area contributed by atoms with E-state index in [9.17, 15) is 15.2 Å². The predicted molar refractivity (Wildman–Crippen MR) is 140 cm³/mol. The molecule has 0 unspecified atom stereocenters. The van der Waals surface area contributed by atoms with E-state index in [0.717, 1.165) is 51.4 Å². The molecule has 8 nitrogen and oxygen atoms in total. The normalized spacial score (nSPS) is 24.6. The number of carbonyl (C=O) groups excluding carboxylic acids is 1. The second kappa shape index (κ2) is 12.9. The number of nitrogens with zero attached hydrogens (tertiary/aromatic N) is 2. The highest BCUT2D eigenvalue weighted by Crippen LogP contribution is 2.39. The van der Waals surface area contributed by atoms with Gasteiger partial charge in [0, 0.05) is 48.0 Å². The van der Waals surface area contributed by atoms with Gasteiger partial charge in [-0.2, -0.15) is 10.1 Å². The zero-order valence-corrected chi connectivity index (χ0v) is 24.3. The fraction of sp³-hybridized carbons (Fsp3) is 0.964. The molecule has 0 saturated carbocycles. The largest absolute Gasteiger partial charge is 0.462 e. The summed E-state index contributed by atoms with van der Waals surface area (Å²) in [4.78, 5) is 12.3. The average Bonchev–Trinajstić information content (AvgIpc) is 2.73. The number of esters is 1. The summed E-state index contributed by atoms with van der Waals surface area (Å²) in [5, 5.41) is 23.6. The summed E-state index contributed by atoms with van der Waals surface area (Å²) >= 11 is 0. The summed E-state index contributed by atoms with van der Waals surface area (Å²) in [6, 6.07) is 0. The van der Waals surface area contributed by atoms with Gasteiger partial charge in [-0.15, -0.1) is 0 Å². The Morgan fingerprint density at radius 2 is 1.11 bits per heavy atom. The summed E-state index contributed by atoms with van der Waals surface area (Å²) in [5.41, 5.74) is -1.44. The van der Waals surface area contributed by atoms with Gasteiger partial charge in [0.25, 0.3) is 0 Å². The molecule has 36 heavy (non-hydrogen) atoms. The van der Waals surface area contributed by atoms with Crippen molar-refractivity contribution >= 4 is 5.97 Å². The Kier molecular flexibility index (Phi) is 11.2. The molecule has 2 aliphatic rings. The molecule has 2 saturated heterocycles. The summed E-state index contributed by atoms with van der Waals surface area (Å²) in [7, 11) is 0. The summed E-state index contributed by atoms with van der Waals surface area (Å²) in [5.74, 6) is -0.122. The highest BCUT2D eigenvalue weighted by molar-refractivity contribution is 5.69. The van der Waals surface area contributed by atoms with E-state index in [1.165, 1.54) is 10.1 Å². The molecule has 8 heteroatoms. The Morgan fingerprint density at radius 3 is 1.61 bits per heavy atom. The number of piperidine rings is 2. The van der Waals surface area contributed by atoms with Crippen LogP contribution in [0.4, 0.5) is 0 Å². The zero-order valence-electron chi connectivity index (χ0n) is 24.3. The molecule has 0 radical (unpaired) electrons. The molecule has 0 aliphatic carbocycles. The van der Waals surface area contributed by atoms with Crippen LogP contribution < -0.4 is 0 Å². The molecule has 2 heterocycles. The van der Waals surface area contributed by atoms with Crippen molar-refractivity contribution in [1.29, 1.82) is 0 Å². The number of hydrogen-bond donors (Lipinski definition) is 2. The molecule has 0 aromatic rings. The van der Waals surface area contributed by atoms with Gasteiger partial charge in [0.1, 0.15) is 12.9 Å². The molecule has 2 N–H and O–H groups in total. The first-order valence-electron chi connectivity index (χ1n) is 13.9. The molecule has 2 rings (SSSR count). The number of ether oxygens (including phenoxy) is 3. The maximum Gasteiger partial charge on any atom is 0.306 e. The van der Waals surface area contributed by atoms with Gasteiger partial charge in [-0.3, -0.25) is 4.79 Å². The molecule has 0 bridgehead atoms. The summed E-state index contributed by atoms with van der Waals surface area (Å²) < 4.78 is 17.4. The first-order valence-corrected chi connectivity index (χ1v) is 13.9. The van der Waals surface area contributed by atoms with Gasteiger partial charge in [-0.05, 0) is 81.1 Å². The Morgan fingerprint density at radius 1 is 0.694 bits per heavy atom. The lowest BCUT2D eigenvalue weighted by atomic mass is 9.80. The molecule has 0 atom stereocenters. The first-order chi connectivity index (χ1) is 16.6. The van der Waals surface area contributed by atoms with Gasteiger partial charge in [-0.1, -0.05) is 25.7 Å². The number of hydroxylamine groups is 4. The Hall–Kier alpha value is -0.770. The number of carbonyl (C=O) groups is 1. The number of rotatable bonds is 13. The van der Waals surface area contributed by atoms with Crippen LogP contribution in [0.3, 0.4) is 0 Å². The lowest BCUT2D eigenvalue weighted by molar-refractivity contribution is -0.267. The van der Waals surface area contributed by atoms with Crippen molar-refractivity contribution in [3.05, 3.63) is 0 Å². The smallest absolute Gasteiger partial charge is 0.306 e. The molecular weight excluding hydrogens is 460 g/mol. The lowest BCUT2D eigenvalue weighted by Crippen LogP contribution is -2.60. The van der Waals surface area contributed by atoms with Gasteiger partial charge >= 0.3 is 5.97 Å². The van der Waals surface area contributed by atoms with E-state index >= 15 is 0 Å². The predicted octanol–water partition coefficient (Wildman–Crippen LogP) is 6.07. The summed E-state index contributed by atoms with van der Waals surface area (Å²) in [6.45, 7) is 17.1. The summed E-state index contributed by atoms with van der Waals surface area (Å²) in [6.07, 6.45) is 9.49. The monoisotopic (exact) mass is 514 g/mol. The minimum Gasteiger partial charge on any atom is -0.462 e. The van der Waals surface area contributed by atoms with E-state index in [2.05, 4.69) is 0 Å². The average molecular weight is 515 g/mol.